The molecule has 3 rings (SSSR count). The van der Waals surface area contributed by atoms with Gasteiger partial charge in [0.05, 0.1) is 12.7 Å². The number of amides is 1. The van der Waals surface area contributed by atoms with Crippen LogP contribution in [0.1, 0.15) is 31.3 Å². The van der Waals surface area contributed by atoms with Crippen molar-refractivity contribution in [3.05, 3.63) is 36.0 Å². The molecule has 1 atom stereocenters. The van der Waals surface area contributed by atoms with Crippen molar-refractivity contribution in [2.24, 2.45) is 0 Å². The van der Waals surface area contributed by atoms with E-state index >= 15 is 0 Å². The Morgan fingerprint density at radius 3 is 2.82 bits per heavy atom. The fourth-order valence-corrected chi connectivity index (χ4v) is 3.58. The van der Waals surface area contributed by atoms with E-state index in [-0.39, 0.29) is 23.2 Å². The smallest absolute Gasteiger partial charge is 0.408 e. The monoisotopic (exact) mass is 412 g/mol. The number of aromatic nitrogens is 3. The number of hydrogen-bond acceptors (Lipinski definition) is 5. The number of hydrogen-bond donors (Lipinski definition) is 1. The molecule has 6 nitrogen and oxygen atoms in total. The molecule has 0 radical (unpaired) electrons. The van der Waals surface area contributed by atoms with Gasteiger partial charge >= 0.3 is 6.18 Å². The molecule has 150 valence electrons. The molecule has 0 aliphatic rings. The van der Waals surface area contributed by atoms with Gasteiger partial charge in [-0.15, -0.1) is 11.8 Å². The number of alkyl halides is 3. The lowest BCUT2D eigenvalue weighted by Gasteiger charge is -2.19. The topological polar surface area (TPSA) is 73.0 Å². The van der Waals surface area contributed by atoms with Crippen LogP contribution in [-0.2, 0) is 11.2 Å². The van der Waals surface area contributed by atoms with Crippen LogP contribution in [0.3, 0.4) is 0 Å². The third-order valence-corrected chi connectivity index (χ3v) is 5.07. The molecule has 1 amide bonds. The van der Waals surface area contributed by atoms with E-state index < -0.39 is 12.2 Å². The van der Waals surface area contributed by atoms with E-state index in [1.165, 1.54) is 11.8 Å². The molecule has 10 heteroatoms. The van der Waals surface area contributed by atoms with E-state index in [2.05, 4.69) is 15.3 Å². The summed E-state index contributed by atoms with van der Waals surface area (Å²) in [7, 11) is 0. The molecule has 28 heavy (non-hydrogen) atoms. The second-order valence-electron chi connectivity index (χ2n) is 6.22. The van der Waals surface area contributed by atoms with Crippen molar-refractivity contribution in [3.8, 4) is 0 Å². The zero-order chi connectivity index (χ0) is 20.5. The van der Waals surface area contributed by atoms with Gasteiger partial charge in [0.15, 0.2) is 17.3 Å². The molecule has 0 saturated heterocycles. The van der Waals surface area contributed by atoms with E-state index in [9.17, 15) is 18.0 Å². The molecule has 0 saturated carbocycles. The average Bonchev–Trinajstić information content (AvgIpc) is 3.16. The molecule has 0 aliphatic heterocycles. The van der Waals surface area contributed by atoms with Gasteiger partial charge in [0.25, 0.3) is 0 Å². The summed E-state index contributed by atoms with van der Waals surface area (Å²) in [6.45, 7) is 4.61. The lowest BCUT2D eigenvalue weighted by atomic mass is 10.1. The van der Waals surface area contributed by atoms with Crippen molar-refractivity contribution >= 4 is 34.6 Å². The summed E-state index contributed by atoms with van der Waals surface area (Å²) in [4.78, 5) is 20.6. The quantitative estimate of drug-likeness (QED) is 0.592. The van der Waals surface area contributed by atoms with Gasteiger partial charge in [0.1, 0.15) is 16.6 Å². The third kappa shape index (κ3) is 4.32. The lowest BCUT2D eigenvalue weighted by molar-refractivity contribution is -0.164. The number of rotatable bonds is 6. The van der Waals surface area contributed by atoms with Crippen LogP contribution in [0.2, 0.25) is 0 Å². The van der Waals surface area contributed by atoms with Crippen LogP contribution < -0.4 is 5.32 Å². The second kappa shape index (κ2) is 7.86. The Kier molecular flexibility index (Phi) is 5.69. The van der Waals surface area contributed by atoms with Crippen molar-refractivity contribution in [1.29, 1.82) is 0 Å². The number of aryl methyl sites for hydroxylation is 1. The Bertz CT molecular complexity index is 997. The molecule has 3 aromatic rings. The average molecular weight is 412 g/mol. The number of benzene rings is 1. The zero-order valence-electron chi connectivity index (χ0n) is 15.5. The second-order valence-corrected chi connectivity index (χ2v) is 7.47. The number of oxazole rings is 1. The first-order valence-corrected chi connectivity index (χ1v) is 9.60. The summed E-state index contributed by atoms with van der Waals surface area (Å²) >= 11 is 1.20. The number of imidazole rings is 1. The highest BCUT2D eigenvalue weighted by Gasteiger charge is 2.39. The molecule has 0 aliphatic carbocycles. The van der Waals surface area contributed by atoms with Crippen LogP contribution in [0.15, 0.2) is 34.0 Å². The Labute approximate surface area is 163 Å². The fraction of sp³-hybridized carbons (Fsp3) is 0.389. The number of thioether (sulfide) groups is 1. The summed E-state index contributed by atoms with van der Waals surface area (Å²) < 4.78 is 45.7. The van der Waals surface area contributed by atoms with E-state index in [1.807, 2.05) is 6.92 Å². The summed E-state index contributed by atoms with van der Waals surface area (Å²) in [5, 5.41) is 2.90. The van der Waals surface area contributed by atoms with Gasteiger partial charge in [-0.1, -0.05) is 13.0 Å². The van der Waals surface area contributed by atoms with Crippen LogP contribution in [0.4, 0.5) is 19.0 Å². The molecule has 2 heterocycles. The largest absolute Gasteiger partial charge is 0.441 e. The van der Waals surface area contributed by atoms with Crippen LogP contribution in [-0.4, -0.2) is 32.4 Å². The highest BCUT2D eigenvalue weighted by atomic mass is 32.2. The SMILES string of the molecule is CCSc1c(NC(=O)Cc2ccc3oc(C)nc3c2)ncn1C(C)C(F)(F)F. The predicted octanol–water partition coefficient (Wildman–Crippen LogP) is 4.75. The Morgan fingerprint density at radius 2 is 2.14 bits per heavy atom. The molecular formula is C18H19F3N4O2S. The van der Waals surface area contributed by atoms with Crippen LogP contribution in [0, 0.1) is 6.92 Å². The molecular weight excluding hydrogens is 393 g/mol. The number of halogens is 3. The number of fused-ring (bicyclic) bond motifs is 1. The van der Waals surface area contributed by atoms with Gasteiger partial charge in [-0.3, -0.25) is 4.79 Å². The Hall–Kier alpha value is -2.49. The third-order valence-electron chi connectivity index (χ3n) is 4.10. The molecule has 0 fully saturated rings. The van der Waals surface area contributed by atoms with Gasteiger partial charge in [-0.2, -0.15) is 13.2 Å². The molecule has 0 bridgehead atoms. The van der Waals surface area contributed by atoms with E-state index in [0.717, 1.165) is 17.8 Å². The number of carbonyl (C=O) groups is 1. The lowest BCUT2D eigenvalue weighted by Crippen LogP contribution is -2.24. The maximum absolute atomic E-state index is 13.1. The summed E-state index contributed by atoms with van der Waals surface area (Å²) in [5.74, 6) is 0.831. The normalized spacial score (nSPS) is 13.1. The minimum Gasteiger partial charge on any atom is -0.441 e. The number of nitrogens with one attached hydrogen (secondary N) is 1. The Balaban J connectivity index is 1.78. The van der Waals surface area contributed by atoms with Crippen LogP contribution in [0.5, 0.6) is 0 Å². The predicted molar refractivity (Wildman–Crippen MR) is 100 cm³/mol. The van der Waals surface area contributed by atoms with Gasteiger partial charge in [0.2, 0.25) is 5.91 Å². The molecule has 1 N–H and O–H groups in total. The number of anilines is 1. The van der Waals surface area contributed by atoms with Gasteiger partial charge < -0.3 is 14.3 Å². The van der Waals surface area contributed by atoms with Gasteiger partial charge in [-0.25, -0.2) is 9.97 Å². The van der Waals surface area contributed by atoms with E-state index in [4.69, 9.17) is 4.42 Å². The van der Waals surface area contributed by atoms with Crippen molar-refractivity contribution in [2.45, 2.75) is 44.4 Å². The summed E-state index contributed by atoms with van der Waals surface area (Å²) in [6.07, 6.45) is -3.26. The summed E-state index contributed by atoms with van der Waals surface area (Å²) in [5.41, 5.74) is 1.99. The number of carbonyl (C=O) groups excluding carboxylic acids is 1. The van der Waals surface area contributed by atoms with E-state index in [1.54, 1.807) is 25.1 Å². The highest BCUT2D eigenvalue weighted by Crippen LogP contribution is 2.36. The molecule has 2 aromatic heterocycles. The zero-order valence-corrected chi connectivity index (χ0v) is 16.3. The maximum Gasteiger partial charge on any atom is 0.408 e. The van der Waals surface area contributed by atoms with Crippen molar-refractivity contribution in [3.63, 3.8) is 0 Å². The van der Waals surface area contributed by atoms with Crippen LogP contribution in [0.25, 0.3) is 11.1 Å². The van der Waals surface area contributed by atoms with Gasteiger partial charge in [0, 0.05) is 6.92 Å². The maximum atomic E-state index is 13.1. The first kappa shape index (κ1) is 20.2. The number of nitrogens with zero attached hydrogens (tertiary/aromatic N) is 3. The molecule has 0 spiro atoms. The first-order valence-electron chi connectivity index (χ1n) is 8.61. The van der Waals surface area contributed by atoms with Crippen LogP contribution >= 0.6 is 11.8 Å². The highest BCUT2D eigenvalue weighted by molar-refractivity contribution is 7.99. The summed E-state index contributed by atoms with van der Waals surface area (Å²) in [6, 6.07) is 3.49. The Morgan fingerprint density at radius 1 is 1.39 bits per heavy atom. The van der Waals surface area contributed by atoms with Gasteiger partial charge in [-0.05, 0) is 30.4 Å². The van der Waals surface area contributed by atoms with Crippen molar-refractivity contribution in [1.82, 2.24) is 14.5 Å². The fourth-order valence-electron chi connectivity index (χ4n) is 2.71. The minimum atomic E-state index is -4.41. The molecule has 1 aromatic carbocycles. The van der Waals surface area contributed by atoms with E-state index in [0.29, 0.717) is 28.3 Å². The van der Waals surface area contributed by atoms with Crippen molar-refractivity contribution in [2.75, 3.05) is 11.1 Å². The minimum absolute atomic E-state index is 0.0414. The molecule has 1 unspecified atom stereocenters. The first-order chi connectivity index (χ1) is 13.2. The standard InChI is InChI=1S/C18H19F3N4O2S/c1-4-28-17-16(22-9-25(17)10(2)18(19,20)21)24-15(26)8-12-5-6-14-13(7-12)23-11(3)27-14/h5-7,9-10H,4,8H2,1-3H3,(H,24,26). The van der Waals surface area contributed by atoms with Crippen molar-refractivity contribution < 1.29 is 22.4 Å².